The first-order chi connectivity index (χ1) is 9.29. The van der Waals surface area contributed by atoms with Crippen LogP contribution in [0.4, 0.5) is 10.5 Å². The SMILES string of the molecule is CC(C)(C)OC(=O)NCCNc1ccncc1C(=O)O. The van der Waals surface area contributed by atoms with E-state index in [0.29, 0.717) is 18.8 Å². The van der Waals surface area contributed by atoms with Gasteiger partial charge in [-0.1, -0.05) is 0 Å². The van der Waals surface area contributed by atoms with Gasteiger partial charge in [0.2, 0.25) is 0 Å². The molecular formula is C13H19N3O4. The third kappa shape index (κ3) is 5.55. The molecular weight excluding hydrogens is 262 g/mol. The number of aromatic carboxylic acids is 1. The van der Waals surface area contributed by atoms with Crippen LogP contribution in [0.25, 0.3) is 0 Å². The predicted octanol–water partition coefficient (Wildman–Crippen LogP) is 1.72. The number of carboxylic acids is 1. The Morgan fingerprint density at radius 1 is 1.35 bits per heavy atom. The van der Waals surface area contributed by atoms with E-state index in [0.717, 1.165) is 0 Å². The maximum atomic E-state index is 11.4. The summed E-state index contributed by atoms with van der Waals surface area (Å²) in [7, 11) is 0. The van der Waals surface area contributed by atoms with Gasteiger partial charge in [0, 0.05) is 25.5 Å². The molecule has 0 spiro atoms. The van der Waals surface area contributed by atoms with E-state index in [1.807, 2.05) is 0 Å². The summed E-state index contributed by atoms with van der Waals surface area (Å²) in [5.74, 6) is -1.05. The minimum absolute atomic E-state index is 0.0877. The van der Waals surface area contributed by atoms with Crippen LogP contribution in [0.3, 0.4) is 0 Å². The van der Waals surface area contributed by atoms with E-state index in [1.165, 1.54) is 12.4 Å². The Bertz CT molecular complexity index is 483. The minimum atomic E-state index is -1.05. The van der Waals surface area contributed by atoms with Gasteiger partial charge in [0.25, 0.3) is 0 Å². The van der Waals surface area contributed by atoms with Crippen molar-refractivity contribution < 1.29 is 19.4 Å². The highest BCUT2D eigenvalue weighted by Crippen LogP contribution is 2.12. The van der Waals surface area contributed by atoms with Crippen LogP contribution in [0.5, 0.6) is 0 Å². The first-order valence-electron chi connectivity index (χ1n) is 6.17. The topological polar surface area (TPSA) is 101 Å². The van der Waals surface area contributed by atoms with E-state index in [2.05, 4.69) is 15.6 Å². The standard InChI is InChI=1S/C13H19N3O4/c1-13(2,3)20-12(19)16-7-6-15-10-4-5-14-8-9(10)11(17)18/h4-5,8H,6-7H2,1-3H3,(H,14,15)(H,16,19)(H,17,18). The second kappa shape index (κ2) is 6.74. The lowest BCUT2D eigenvalue weighted by Gasteiger charge is -2.19. The number of rotatable bonds is 5. The Morgan fingerprint density at radius 2 is 2.05 bits per heavy atom. The molecule has 0 radical (unpaired) electrons. The lowest BCUT2D eigenvalue weighted by atomic mass is 10.2. The molecule has 1 amide bonds. The van der Waals surface area contributed by atoms with Crippen molar-refractivity contribution in [2.24, 2.45) is 0 Å². The number of nitrogens with zero attached hydrogens (tertiary/aromatic N) is 1. The van der Waals surface area contributed by atoms with E-state index in [1.54, 1.807) is 26.8 Å². The smallest absolute Gasteiger partial charge is 0.407 e. The van der Waals surface area contributed by atoms with Gasteiger partial charge < -0.3 is 20.5 Å². The fraction of sp³-hybridized carbons (Fsp3) is 0.462. The first-order valence-corrected chi connectivity index (χ1v) is 6.17. The van der Waals surface area contributed by atoms with E-state index in [9.17, 15) is 9.59 Å². The predicted molar refractivity (Wildman–Crippen MR) is 73.9 cm³/mol. The van der Waals surface area contributed by atoms with Crippen LogP contribution in [-0.4, -0.2) is 40.8 Å². The molecule has 0 unspecified atom stereocenters. The number of anilines is 1. The van der Waals surface area contributed by atoms with Gasteiger partial charge in [0.05, 0.1) is 5.69 Å². The van der Waals surface area contributed by atoms with Crippen LogP contribution in [0.15, 0.2) is 18.5 Å². The van der Waals surface area contributed by atoms with Crippen LogP contribution in [0, 0.1) is 0 Å². The van der Waals surface area contributed by atoms with Crippen molar-refractivity contribution in [2.45, 2.75) is 26.4 Å². The van der Waals surface area contributed by atoms with Gasteiger partial charge >= 0.3 is 12.1 Å². The number of pyridine rings is 1. The quantitative estimate of drug-likeness (QED) is 0.710. The van der Waals surface area contributed by atoms with Crippen molar-refractivity contribution in [3.63, 3.8) is 0 Å². The van der Waals surface area contributed by atoms with E-state index in [4.69, 9.17) is 9.84 Å². The lowest BCUT2D eigenvalue weighted by molar-refractivity contribution is 0.0529. The number of carboxylic acid groups (broad SMARTS) is 1. The Balaban J connectivity index is 2.39. The summed E-state index contributed by atoms with van der Waals surface area (Å²) in [5.41, 5.74) is 0.00211. The van der Waals surface area contributed by atoms with Crippen LogP contribution in [0.2, 0.25) is 0 Å². The number of aromatic nitrogens is 1. The molecule has 0 atom stereocenters. The van der Waals surface area contributed by atoms with Gasteiger partial charge in [0.1, 0.15) is 11.2 Å². The maximum Gasteiger partial charge on any atom is 0.407 e. The Labute approximate surface area is 117 Å². The summed E-state index contributed by atoms with van der Waals surface area (Å²) >= 11 is 0. The third-order valence-electron chi connectivity index (χ3n) is 2.16. The highest BCUT2D eigenvalue weighted by Gasteiger charge is 2.15. The van der Waals surface area contributed by atoms with Crippen molar-refractivity contribution in [3.05, 3.63) is 24.0 Å². The van der Waals surface area contributed by atoms with Crippen molar-refractivity contribution in [2.75, 3.05) is 18.4 Å². The van der Waals surface area contributed by atoms with Gasteiger partial charge in [-0.3, -0.25) is 4.98 Å². The van der Waals surface area contributed by atoms with Crippen LogP contribution in [0.1, 0.15) is 31.1 Å². The van der Waals surface area contributed by atoms with E-state index >= 15 is 0 Å². The molecule has 0 aliphatic heterocycles. The Morgan fingerprint density at radius 3 is 2.65 bits per heavy atom. The highest BCUT2D eigenvalue weighted by molar-refractivity contribution is 5.93. The molecule has 0 saturated carbocycles. The van der Waals surface area contributed by atoms with Gasteiger partial charge in [0.15, 0.2) is 0 Å². The summed E-state index contributed by atoms with van der Waals surface area (Å²) in [5, 5.41) is 14.5. The number of amides is 1. The number of hydrogen-bond donors (Lipinski definition) is 3. The van der Waals surface area contributed by atoms with E-state index < -0.39 is 17.7 Å². The molecule has 0 aliphatic rings. The van der Waals surface area contributed by atoms with E-state index in [-0.39, 0.29) is 5.56 Å². The summed E-state index contributed by atoms with van der Waals surface area (Å²) in [4.78, 5) is 26.1. The third-order valence-corrected chi connectivity index (χ3v) is 2.16. The molecule has 20 heavy (non-hydrogen) atoms. The van der Waals surface area contributed by atoms with Crippen LogP contribution in [-0.2, 0) is 4.74 Å². The molecule has 110 valence electrons. The number of alkyl carbamates (subject to hydrolysis) is 1. The van der Waals surface area contributed by atoms with Crippen molar-refractivity contribution in [1.82, 2.24) is 10.3 Å². The molecule has 1 aromatic rings. The summed E-state index contributed by atoms with van der Waals surface area (Å²) in [6.07, 6.45) is 2.26. The zero-order valence-electron chi connectivity index (χ0n) is 11.8. The maximum absolute atomic E-state index is 11.4. The number of ether oxygens (including phenoxy) is 1. The second-order valence-corrected chi connectivity index (χ2v) is 5.08. The average molecular weight is 281 g/mol. The van der Waals surface area contributed by atoms with Crippen molar-refractivity contribution in [3.8, 4) is 0 Å². The van der Waals surface area contributed by atoms with Gasteiger partial charge in [-0.2, -0.15) is 0 Å². The molecule has 3 N–H and O–H groups in total. The molecule has 1 rings (SSSR count). The zero-order valence-corrected chi connectivity index (χ0v) is 11.8. The summed E-state index contributed by atoms with van der Waals surface area (Å²) in [6, 6.07) is 1.57. The first kappa shape index (κ1) is 15.7. The normalized spacial score (nSPS) is 10.8. The molecule has 0 aromatic carbocycles. The van der Waals surface area contributed by atoms with Crippen molar-refractivity contribution in [1.29, 1.82) is 0 Å². The molecule has 0 saturated heterocycles. The number of hydrogen-bond acceptors (Lipinski definition) is 5. The Kier molecular flexibility index (Phi) is 5.31. The number of carbonyl (C=O) groups is 2. The van der Waals surface area contributed by atoms with Crippen molar-refractivity contribution >= 4 is 17.7 Å². The van der Waals surface area contributed by atoms with Gasteiger partial charge in [-0.05, 0) is 26.8 Å². The van der Waals surface area contributed by atoms with Crippen LogP contribution < -0.4 is 10.6 Å². The van der Waals surface area contributed by atoms with Gasteiger partial charge in [-0.15, -0.1) is 0 Å². The molecule has 0 bridgehead atoms. The molecule has 0 aliphatic carbocycles. The summed E-state index contributed by atoms with van der Waals surface area (Å²) in [6.45, 7) is 6.03. The molecule has 7 heteroatoms. The minimum Gasteiger partial charge on any atom is -0.478 e. The fourth-order valence-corrected chi connectivity index (χ4v) is 1.39. The molecule has 1 heterocycles. The second-order valence-electron chi connectivity index (χ2n) is 5.08. The number of nitrogens with one attached hydrogen (secondary N) is 2. The number of carbonyl (C=O) groups excluding carboxylic acids is 1. The molecule has 1 aromatic heterocycles. The van der Waals surface area contributed by atoms with Gasteiger partial charge in [-0.25, -0.2) is 9.59 Å². The highest BCUT2D eigenvalue weighted by atomic mass is 16.6. The molecule has 7 nitrogen and oxygen atoms in total. The fourth-order valence-electron chi connectivity index (χ4n) is 1.39. The average Bonchev–Trinajstić information content (AvgIpc) is 2.33. The monoisotopic (exact) mass is 281 g/mol. The lowest BCUT2D eigenvalue weighted by Crippen LogP contribution is -2.35. The largest absolute Gasteiger partial charge is 0.478 e. The zero-order chi connectivity index (χ0) is 15.2. The molecule has 0 fully saturated rings. The Hall–Kier alpha value is -2.31. The van der Waals surface area contributed by atoms with Crippen LogP contribution >= 0.6 is 0 Å². The summed E-state index contributed by atoms with van der Waals surface area (Å²) < 4.78 is 5.07.